The van der Waals surface area contributed by atoms with Gasteiger partial charge in [-0.1, -0.05) is 28.1 Å². The van der Waals surface area contributed by atoms with E-state index in [1.807, 2.05) is 24.3 Å². The number of Topliss-reactive ketones (excluding diaryl/α,β-unsaturated/α-hetero) is 1. The molecule has 0 atom stereocenters. The molecular formula is C9H7BrO2. The maximum absolute atomic E-state index is 10.7. The van der Waals surface area contributed by atoms with Crippen molar-refractivity contribution in [3.63, 3.8) is 0 Å². The van der Waals surface area contributed by atoms with Crippen molar-refractivity contribution in [3.05, 3.63) is 34.3 Å². The number of halogens is 1. The lowest BCUT2D eigenvalue weighted by atomic mass is 10.1. The molecule has 0 saturated carbocycles. The Balaban J connectivity index is 2.71. The second-order valence-corrected chi connectivity index (χ2v) is 3.30. The molecule has 12 heavy (non-hydrogen) atoms. The van der Waals surface area contributed by atoms with Gasteiger partial charge in [0.25, 0.3) is 0 Å². The number of hydrogen-bond donors (Lipinski definition) is 0. The number of benzene rings is 1. The Kier molecular flexibility index (Phi) is 3.17. The van der Waals surface area contributed by atoms with Crippen LogP contribution in [0, 0.1) is 0 Å². The predicted molar refractivity (Wildman–Crippen MR) is 48.9 cm³/mol. The molecule has 1 aromatic carbocycles. The van der Waals surface area contributed by atoms with Crippen LogP contribution in [0.5, 0.6) is 0 Å². The number of aldehydes is 1. The van der Waals surface area contributed by atoms with Gasteiger partial charge in [-0.25, -0.2) is 0 Å². The van der Waals surface area contributed by atoms with Gasteiger partial charge < -0.3 is 0 Å². The van der Waals surface area contributed by atoms with Gasteiger partial charge in [-0.15, -0.1) is 0 Å². The minimum Gasteiger partial charge on any atom is -0.295 e. The Bertz CT molecular complexity index is 290. The van der Waals surface area contributed by atoms with Gasteiger partial charge in [-0.05, 0) is 17.7 Å². The summed E-state index contributed by atoms with van der Waals surface area (Å²) >= 11 is 3.27. The van der Waals surface area contributed by atoms with E-state index in [4.69, 9.17) is 0 Å². The largest absolute Gasteiger partial charge is 0.295 e. The fourth-order valence-electron chi connectivity index (χ4n) is 0.845. The normalized spacial score (nSPS) is 9.42. The Labute approximate surface area is 78.7 Å². The van der Waals surface area contributed by atoms with Gasteiger partial charge in [-0.2, -0.15) is 0 Å². The summed E-state index contributed by atoms with van der Waals surface area (Å²) in [6.07, 6.45) is 0.541. The first-order valence-corrected chi connectivity index (χ1v) is 4.24. The molecular weight excluding hydrogens is 220 g/mol. The maximum atomic E-state index is 10.7. The maximum Gasteiger partial charge on any atom is 0.199 e. The molecule has 0 radical (unpaired) electrons. The highest BCUT2D eigenvalue weighted by Gasteiger charge is 2.00. The zero-order chi connectivity index (χ0) is 8.97. The van der Waals surface area contributed by atoms with Crippen LogP contribution in [0.15, 0.2) is 28.7 Å². The van der Waals surface area contributed by atoms with E-state index in [1.54, 1.807) is 0 Å². The Morgan fingerprint density at radius 3 is 2.42 bits per heavy atom. The molecule has 0 N–H and O–H groups in total. The van der Waals surface area contributed by atoms with Gasteiger partial charge in [-0.3, -0.25) is 9.59 Å². The quantitative estimate of drug-likeness (QED) is 0.582. The van der Waals surface area contributed by atoms with Gasteiger partial charge in [0.15, 0.2) is 12.1 Å². The van der Waals surface area contributed by atoms with Crippen molar-refractivity contribution in [2.24, 2.45) is 0 Å². The fraction of sp³-hybridized carbons (Fsp3) is 0.111. The summed E-state index contributed by atoms with van der Waals surface area (Å²) in [5, 5.41) is 0. The molecule has 0 heterocycles. The molecule has 2 nitrogen and oxygen atoms in total. The van der Waals surface area contributed by atoms with E-state index in [0.717, 1.165) is 10.0 Å². The highest BCUT2D eigenvalue weighted by molar-refractivity contribution is 9.10. The van der Waals surface area contributed by atoms with Crippen LogP contribution in [0.3, 0.4) is 0 Å². The van der Waals surface area contributed by atoms with E-state index >= 15 is 0 Å². The SMILES string of the molecule is O=CC(=O)Cc1ccc(Br)cc1. The van der Waals surface area contributed by atoms with Gasteiger partial charge in [0, 0.05) is 10.9 Å². The van der Waals surface area contributed by atoms with Crippen LogP contribution in [0.4, 0.5) is 0 Å². The molecule has 0 aliphatic heterocycles. The van der Waals surface area contributed by atoms with Crippen molar-refractivity contribution in [1.29, 1.82) is 0 Å². The molecule has 62 valence electrons. The van der Waals surface area contributed by atoms with Gasteiger partial charge in [0.1, 0.15) is 0 Å². The first-order chi connectivity index (χ1) is 5.72. The number of carbonyl (C=O) groups is 2. The van der Waals surface area contributed by atoms with Gasteiger partial charge >= 0.3 is 0 Å². The predicted octanol–water partition coefficient (Wildman–Crippen LogP) is 1.76. The second kappa shape index (κ2) is 4.16. The summed E-state index contributed by atoms with van der Waals surface area (Å²) in [5.74, 6) is -0.391. The average Bonchev–Trinajstić information content (AvgIpc) is 2.09. The number of rotatable bonds is 3. The van der Waals surface area contributed by atoms with Crippen molar-refractivity contribution in [3.8, 4) is 0 Å². The van der Waals surface area contributed by atoms with Gasteiger partial charge in [0.2, 0.25) is 0 Å². The lowest BCUT2D eigenvalue weighted by Gasteiger charge is -1.95. The van der Waals surface area contributed by atoms with Crippen molar-refractivity contribution in [2.75, 3.05) is 0 Å². The summed E-state index contributed by atoms with van der Waals surface area (Å²) in [4.78, 5) is 20.7. The molecule has 0 aliphatic carbocycles. The number of ketones is 1. The Morgan fingerprint density at radius 2 is 1.92 bits per heavy atom. The third-order valence-electron chi connectivity index (χ3n) is 1.42. The number of carbonyl (C=O) groups excluding carboxylic acids is 2. The molecule has 0 fully saturated rings. The van der Waals surface area contributed by atoms with Crippen LogP contribution < -0.4 is 0 Å². The van der Waals surface area contributed by atoms with E-state index in [-0.39, 0.29) is 6.42 Å². The first-order valence-electron chi connectivity index (χ1n) is 3.45. The molecule has 0 unspecified atom stereocenters. The van der Waals surface area contributed by atoms with Crippen LogP contribution >= 0.6 is 15.9 Å². The third kappa shape index (κ3) is 2.58. The molecule has 0 saturated heterocycles. The summed E-state index contributed by atoms with van der Waals surface area (Å²) in [6.45, 7) is 0. The Morgan fingerprint density at radius 1 is 1.33 bits per heavy atom. The van der Waals surface area contributed by atoms with Crippen LogP contribution in [0.25, 0.3) is 0 Å². The van der Waals surface area contributed by atoms with Crippen LogP contribution in [0.2, 0.25) is 0 Å². The molecule has 1 aromatic rings. The highest BCUT2D eigenvalue weighted by atomic mass is 79.9. The summed E-state index contributed by atoms with van der Waals surface area (Å²) in [7, 11) is 0. The van der Waals surface area contributed by atoms with E-state index < -0.39 is 5.78 Å². The Hall–Kier alpha value is -0.960. The molecule has 0 aromatic heterocycles. The van der Waals surface area contributed by atoms with Crippen LogP contribution in [0.1, 0.15) is 5.56 Å². The monoisotopic (exact) mass is 226 g/mol. The molecule has 0 spiro atoms. The van der Waals surface area contributed by atoms with E-state index in [9.17, 15) is 9.59 Å². The fourth-order valence-corrected chi connectivity index (χ4v) is 1.11. The van der Waals surface area contributed by atoms with Gasteiger partial charge in [0.05, 0.1) is 0 Å². The molecule has 1 rings (SSSR count). The van der Waals surface area contributed by atoms with Crippen molar-refractivity contribution in [1.82, 2.24) is 0 Å². The average molecular weight is 227 g/mol. The lowest BCUT2D eigenvalue weighted by Crippen LogP contribution is -2.02. The zero-order valence-electron chi connectivity index (χ0n) is 6.29. The standard InChI is InChI=1S/C9H7BrO2/c10-8-3-1-7(2-4-8)5-9(12)6-11/h1-4,6H,5H2. The van der Waals surface area contributed by atoms with E-state index in [1.165, 1.54) is 0 Å². The zero-order valence-corrected chi connectivity index (χ0v) is 7.87. The van der Waals surface area contributed by atoms with E-state index in [0.29, 0.717) is 6.29 Å². The smallest absolute Gasteiger partial charge is 0.199 e. The number of hydrogen-bond acceptors (Lipinski definition) is 2. The third-order valence-corrected chi connectivity index (χ3v) is 1.95. The van der Waals surface area contributed by atoms with Crippen LogP contribution in [-0.2, 0) is 16.0 Å². The van der Waals surface area contributed by atoms with E-state index in [2.05, 4.69) is 15.9 Å². The minimum absolute atomic E-state index is 0.191. The summed E-state index contributed by atoms with van der Waals surface area (Å²) in [6, 6.07) is 7.30. The minimum atomic E-state index is -0.391. The van der Waals surface area contributed by atoms with Crippen molar-refractivity contribution >= 4 is 28.0 Å². The molecule has 3 heteroatoms. The molecule has 0 amide bonds. The molecule has 0 aliphatic rings. The first kappa shape index (κ1) is 9.13. The van der Waals surface area contributed by atoms with Crippen LogP contribution in [-0.4, -0.2) is 12.1 Å². The summed E-state index contributed by atoms with van der Waals surface area (Å²) in [5.41, 5.74) is 0.857. The highest BCUT2D eigenvalue weighted by Crippen LogP contribution is 2.10. The molecule has 0 bridgehead atoms. The second-order valence-electron chi connectivity index (χ2n) is 2.39. The van der Waals surface area contributed by atoms with Crippen molar-refractivity contribution < 1.29 is 9.59 Å². The summed E-state index contributed by atoms with van der Waals surface area (Å²) < 4.78 is 0.963. The van der Waals surface area contributed by atoms with Crippen molar-refractivity contribution in [2.45, 2.75) is 6.42 Å². The topological polar surface area (TPSA) is 34.1 Å². The lowest BCUT2D eigenvalue weighted by molar-refractivity contribution is -0.129.